The Morgan fingerprint density at radius 2 is 1.55 bits per heavy atom. The van der Waals surface area contributed by atoms with Crippen LogP contribution >= 0.6 is 0 Å². The molecule has 0 saturated heterocycles. The lowest BCUT2D eigenvalue weighted by molar-refractivity contribution is -0.384. The van der Waals surface area contributed by atoms with Gasteiger partial charge in [-0.25, -0.2) is 9.59 Å². The lowest BCUT2D eigenvalue weighted by Crippen LogP contribution is -2.41. The number of nitrogens with zero attached hydrogens (tertiary/aromatic N) is 1. The number of carbonyl (C=O) groups excluding carboxylic acids is 2. The van der Waals surface area contributed by atoms with Gasteiger partial charge >= 0.3 is 12.2 Å². The molecule has 0 bridgehead atoms. The van der Waals surface area contributed by atoms with Crippen molar-refractivity contribution in [2.24, 2.45) is 0 Å². The van der Waals surface area contributed by atoms with Crippen LogP contribution in [0.2, 0.25) is 0 Å². The minimum absolute atomic E-state index is 0.108. The SMILES string of the molecule is COC(=O)NC(NC(=O)OC)c1ccc([N+](=O)[O-])cc1. The highest BCUT2D eigenvalue weighted by molar-refractivity contribution is 5.71. The fourth-order valence-electron chi connectivity index (χ4n) is 1.34. The van der Waals surface area contributed by atoms with Crippen molar-refractivity contribution in [2.75, 3.05) is 14.2 Å². The summed E-state index contributed by atoms with van der Waals surface area (Å²) in [6.45, 7) is 0. The number of ether oxygens (including phenoxy) is 2. The summed E-state index contributed by atoms with van der Waals surface area (Å²) in [6.07, 6.45) is -2.48. The third kappa shape index (κ3) is 4.12. The van der Waals surface area contributed by atoms with Crippen LogP contribution in [0.3, 0.4) is 0 Å². The van der Waals surface area contributed by atoms with E-state index in [2.05, 4.69) is 20.1 Å². The molecule has 0 fully saturated rings. The van der Waals surface area contributed by atoms with Gasteiger partial charge in [-0.1, -0.05) is 0 Å². The molecule has 0 aliphatic rings. The molecule has 0 aromatic heterocycles. The van der Waals surface area contributed by atoms with E-state index in [-0.39, 0.29) is 5.69 Å². The Morgan fingerprint density at radius 1 is 1.10 bits per heavy atom. The summed E-state index contributed by atoms with van der Waals surface area (Å²) in [6, 6.07) is 5.30. The number of nitrogens with one attached hydrogen (secondary N) is 2. The number of nitro groups is 1. The number of nitro benzene ring substituents is 1. The highest BCUT2D eigenvalue weighted by atomic mass is 16.6. The van der Waals surface area contributed by atoms with Crippen molar-refractivity contribution in [3.8, 4) is 0 Å². The van der Waals surface area contributed by atoms with Gasteiger partial charge in [0.1, 0.15) is 6.17 Å². The number of alkyl carbamates (subject to hydrolysis) is 2. The molecule has 1 aromatic rings. The number of carbonyl (C=O) groups is 2. The van der Waals surface area contributed by atoms with Crippen LogP contribution in [0.4, 0.5) is 15.3 Å². The van der Waals surface area contributed by atoms with E-state index in [1.807, 2.05) is 0 Å². The Labute approximate surface area is 114 Å². The van der Waals surface area contributed by atoms with Gasteiger partial charge in [0.15, 0.2) is 0 Å². The largest absolute Gasteiger partial charge is 0.453 e. The summed E-state index contributed by atoms with van der Waals surface area (Å²) in [5, 5.41) is 15.3. The van der Waals surface area contributed by atoms with Gasteiger partial charge in [-0.05, 0) is 17.7 Å². The molecule has 0 unspecified atom stereocenters. The zero-order valence-electron chi connectivity index (χ0n) is 10.8. The Bertz CT molecular complexity index is 483. The van der Waals surface area contributed by atoms with E-state index in [4.69, 9.17) is 0 Å². The molecular formula is C11H13N3O6. The van der Waals surface area contributed by atoms with Crippen molar-refractivity contribution >= 4 is 17.9 Å². The minimum Gasteiger partial charge on any atom is -0.453 e. The summed E-state index contributed by atoms with van der Waals surface area (Å²) in [5.74, 6) is 0. The number of non-ortho nitro benzene ring substituents is 1. The number of methoxy groups -OCH3 is 2. The molecule has 0 aliphatic carbocycles. The first-order valence-corrected chi connectivity index (χ1v) is 5.41. The van der Waals surface area contributed by atoms with E-state index in [0.29, 0.717) is 5.56 Å². The highest BCUT2D eigenvalue weighted by Gasteiger charge is 2.18. The molecule has 0 radical (unpaired) electrons. The van der Waals surface area contributed by atoms with Gasteiger partial charge in [0.2, 0.25) is 0 Å². The first kappa shape index (κ1) is 15.2. The van der Waals surface area contributed by atoms with Crippen molar-refractivity contribution in [3.05, 3.63) is 39.9 Å². The van der Waals surface area contributed by atoms with E-state index >= 15 is 0 Å². The van der Waals surface area contributed by atoms with E-state index in [0.717, 1.165) is 0 Å². The summed E-state index contributed by atoms with van der Waals surface area (Å²) in [7, 11) is 2.33. The smallest absolute Gasteiger partial charge is 0.408 e. The second-order valence-electron chi connectivity index (χ2n) is 3.55. The number of hydrogen-bond donors (Lipinski definition) is 2. The average molecular weight is 283 g/mol. The summed E-state index contributed by atoms with van der Waals surface area (Å²) in [5.41, 5.74) is 0.315. The Kier molecular flexibility index (Phi) is 5.27. The Morgan fingerprint density at radius 3 is 1.90 bits per heavy atom. The van der Waals surface area contributed by atoms with Crippen molar-refractivity contribution in [1.29, 1.82) is 0 Å². The highest BCUT2D eigenvalue weighted by Crippen LogP contribution is 2.16. The van der Waals surface area contributed by atoms with Crippen molar-refractivity contribution in [2.45, 2.75) is 6.17 Å². The van der Waals surface area contributed by atoms with Crippen LogP contribution in [0.15, 0.2) is 24.3 Å². The Hall–Kier alpha value is -2.84. The lowest BCUT2D eigenvalue weighted by atomic mass is 10.1. The summed E-state index contributed by atoms with van der Waals surface area (Å²) < 4.78 is 8.86. The maximum Gasteiger partial charge on any atom is 0.408 e. The predicted octanol–water partition coefficient (Wildman–Crippen LogP) is 1.31. The standard InChI is InChI=1S/C11H13N3O6/c1-19-10(15)12-9(13-11(16)20-2)7-3-5-8(6-4-7)14(17)18/h3-6,9H,1-2H3,(H,12,15)(H,13,16). The number of amides is 2. The van der Waals surface area contributed by atoms with Crippen molar-refractivity contribution in [3.63, 3.8) is 0 Å². The van der Waals surface area contributed by atoms with Crippen LogP contribution in [0.25, 0.3) is 0 Å². The zero-order valence-corrected chi connectivity index (χ0v) is 10.8. The minimum atomic E-state index is -0.935. The number of benzene rings is 1. The predicted molar refractivity (Wildman–Crippen MR) is 66.9 cm³/mol. The van der Waals surface area contributed by atoms with Crippen LogP contribution in [0.5, 0.6) is 0 Å². The van der Waals surface area contributed by atoms with Gasteiger partial charge in [0.25, 0.3) is 5.69 Å². The molecule has 0 aliphatic heterocycles. The third-order valence-electron chi connectivity index (χ3n) is 2.33. The average Bonchev–Trinajstić information content (AvgIpc) is 2.46. The van der Waals surface area contributed by atoms with Crippen LogP contribution in [0, 0.1) is 10.1 Å². The molecule has 108 valence electrons. The zero-order chi connectivity index (χ0) is 15.1. The van der Waals surface area contributed by atoms with Crippen molar-refractivity contribution < 1.29 is 24.0 Å². The first-order valence-electron chi connectivity index (χ1n) is 5.41. The normalized spacial score (nSPS) is 9.75. The summed E-state index contributed by atoms with van der Waals surface area (Å²) in [4.78, 5) is 32.4. The molecule has 9 heteroatoms. The molecule has 1 aromatic carbocycles. The van der Waals surface area contributed by atoms with Crippen LogP contribution in [0.1, 0.15) is 11.7 Å². The molecule has 9 nitrogen and oxygen atoms in total. The maximum atomic E-state index is 11.2. The molecule has 0 heterocycles. The molecule has 0 spiro atoms. The summed E-state index contributed by atoms with van der Waals surface area (Å²) >= 11 is 0. The first-order chi connectivity index (χ1) is 9.47. The van der Waals surface area contributed by atoms with Crippen molar-refractivity contribution in [1.82, 2.24) is 10.6 Å². The number of hydrogen-bond acceptors (Lipinski definition) is 6. The lowest BCUT2D eigenvalue weighted by Gasteiger charge is -2.19. The molecule has 1 rings (SSSR count). The van der Waals surface area contributed by atoms with Gasteiger partial charge in [0, 0.05) is 12.1 Å². The monoisotopic (exact) mass is 283 g/mol. The van der Waals surface area contributed by atoms with Crippen LogP contribution < -0.4 is 10.6 Å². The molecule has 2 amide bonds. The van der Waals surface area contributed by atoms with E-state index in [1.54, 1.807) is 0 Å². The van der Waals surface area contributed by atoms with Gasteiger partial charge in [0.05, 0.1) is 19.1 Å². The second-order valence-corrected chi connectivity index (χ2v) is 3.55. The molecular weight excluding hydrogens is 270 g/mol. The van der Waals surface area contributed by atoms with Gasteiger partial charge in [-0.2, -0.15) is 0 Å². The van der Waals surface area contributed by atoms with E-state index < -0.39 is 23.3 Å². The molecule has 0 saturated carbocycles. The van der Waals surface area contributed by atoms with E-state index in [9.17, 15) is 19.7 Å². The maximum absolute atomic E-state index is 11.2. The third-order valence-corrected chi connectivity index (χ3v) is 2.33. The van der Waals surface area contributed by atoms with Gasteiger partial charge in [-0.3, -0.25) is 20.7 Å². The molecule has 2 N–H and O–H groups in total. The van der Waals surface area contributed by atoms with Crippen LogP contribution in [-0.4, -0.2) is 31.3 Å². The molecule has 0 atom stereocenters. The fourth-order valence-corrected chi connectivity index (χ4v) is 1.34. The fraction of sp³-hybridized carbons (Fsp3) is 0.273. The van der Waals surface area contributed by atoms with Crippen LogP contribution in [-0.2, 0) is 9.47 Å². The van der Waals surface area contributed by atoms with Gasteiger partial charge < -0.3 is 9.47 Å². The number of rotatable bonds is 4. The second kappa shape index (κ2) is 6.92. The Balaban J connectivity index is 2.93. The quantitative estimate of drug-likeness (QED) is 0.488. The molecule has 20 heavy (non-hydrogen) atoms. The topological polar surface area (TPSA) is 120 Å². The van der Waals surface area contributed by atoms with E-state index in [1.165, 1.54) is 38.5 Å². The van der Waals surface area contributed by atoms with Gasteiger partial charge in [-0.15, -0.1) is 0 Å².